The third-order valence-corrected chi connectivity index (χ3v) is 4.29. The Kier molecular flexibility index (Phi) is 4.18. The lowest BCUT2D eigenvalue weighted by Crippen LogP contribution is -2.57. The third-order valence-electron chi connectivity index (χ3n) is 3.94. The molecule has 0 spiro atoms. The number of ether oxygens (including phenoxy) is 1. The van der Waals surface area contributed by atoms with Crippen molar-refractivity contribution in [1.82, 2.24) is 9.78 Å². The lowest BCUT2D eigenvalue weighted by atomic mass is 9.98. The van der Waals surface area contributed by atoms with Gasteiger partial charge >= 0.3 is 0 Å². The van der Waals surface area contributed by atoms with Crippen LogP contribution < -0.4 is 10.5 Å². The highest BCUT2D eigenvalue weighted by Gasteiger charge is 2.39. The van der Waals surface area contributed by atoms with Crippen LogP contribution in [0.4, 0.5) is 5.69 Å². The molecule has 6 heteroatoms. The molecular formula is C18H22ClN3O2. The molecule has 1 fully saturated rings. The van der Waals surface area contributed by atoms with Crippen molar-refractivity contribution in [1.29, 1.82) is 0 Å². The van der Waals surface area contributed by atoms with Crippen molar-refractivity contribution in [3.8, 4) is 5.69 Å². The normalized spacial score (nSPS) is 19.3. The number of anilines is 1. The van der Waals surface area contributed by atoms with Crippen molar-refractivity contribution in [2.24, 2.45) is 0 Å². The minimum absolute atomic E-state index is 0.183. The van der Waals surface area contributed by atoms with Gasteiger partial charge in [0.1, 0.15) is 5.02 Å². The van der Waals surface area contributed by atoms with Crippen LogP contribution in [0.5, 0.6) is 0 Å². The summed E-state index contributed by atoms with van der Waals surface area (Å²) < 4.78 is 7.41. The molecule has 1 aromatic heterocycles. The van der Waals surface area contributed by atoms with Gasteiger partial charge in [0, 0.05) is 13.1 Å². The van der Waals surface area contributed by atoms with Crippen molar-refractivity contribution in [2.45, 2.75) is 38.9 Å². The summed E-state index contributed by atoms with van der Waals surface area (Å²) >= 11 is 6.41. The molecule has 0 saturated carbocycles. The smallest absolute Gasteiger partial charge is 0.292 e. The van der Waals surface area contributed by atoms with Crippen LogP contribution >= 0.6 is 11.6 Å². The van der Waals surface area contributed by atoms with E-state index < -0.39 is 0 Å². The molecule has 1 aliphatic rings. The second-order valence-corrected chi connectivity index (χ2v) is 7.75. The minimum Gasteiger partial charge on any atom is -0.366 e. The van der Waals surface area contributed by atoms with Crippen LogP contribution in [0.2, 0.25) is 5.02 Å². The molecule has 2 heterocycles. The molecule has 1 aromatic carbocycles. The van der Waals surface area contributed by atoms with Gasteiger partial charge in [-0.05, 0) is 39.8 Å². The molecule has 0 aliphatic carbocycles. The molecule has 0 radical (unpaired) electrons. The molecule has 0 atom stereocenters. The Morgan fingerprint density at radius 1 is 1.08 bits per heavy atom. The zero-order chi connectivity index (χ0) is 17.5. The zero-order valence-electron chi connectivity index (χ0n) is 14.4. The molecule has 0 N–H and O–H groups in total. The van der Waals surface area contributed by atoms with Gasteiger partial charge in [0.15, 0.2) is 0 Å². The second-order valence-electron chi connectivity index (χ2n) is 7.37. The Morgan fingerprint density at radius 2 is 1.67 bits per heavy atom. The van der Waals surface area contributed by atoms with Gasteiger partial charge in [-0.25, -0.2) is 0 Å². The van der Waals surface area contributed by atoms with Crippen molar-refractivity contribution >= 4 is 17.3 Å². The highest BCUT2D eigenvalue weighted by Crippen LogP contribution is 2.33. The van der Waals surface area contributed by atoms with Gasteiger partial charge in [0.25, 0.3) is 5.56 Å². The highest BCUT2D eigenvalue weighted by molar-refractivity contribution is 6.33. The van der Waals surface area contributed by atoms with Crippen molar-refractivity contribution in [2.75, 3.05) is 18.0 Å². The number of benzene rings is 1. The molecule has 0 unspecified atom stereocenters. The Balaban J connectivity index is 2.01. The Bertz CT molecular complexity index is 784. The summed E-state index contributed by atoms with van der Waals surface area (Å²) in [5.74, 6) is 0. The van der Waals surface area contributed by atoms with Crippen molar-refractivity contribution < 1.29 is 4.74 Å². The molecule has 0 bridgehead atoms. The lowest BCUT2D eigenvalue weighted by Gasteiger charge is -2.48. The number of halogens is 1. The predicted octanol–water partition coefficient (Wildman–Crippen LogP) is 3.28. The topological polar surface area (TPSA) is 47.4 Å². The van der Waals surface area contributed by atoms with Gasteiger partial charge in [-0.3, -0.25) is 4.79 Å². The largest absolute Gasteiger partial charge is 0.366 e. The fraction of sp³-hybridized carbons (Fsp3) is 0.444. The molecule has 24 heavy (non-hydrogen) atoms. The van der Waals surface area contributed by atoms with Gasteiger partial charge in [-0.15, -0.1) is 0 Å². The first-order chi connectivity index (χ1) is 11.2. The lowest BCUT2D eigenvalue weighted by molar-refractivity contribution is -0.133. The number of morpholine rings is 1. The van der Waals surface area contributed by atoms with Crippen LogP contribution in [0.25, 0.3) is 5.69 Å². The average molecular weight is 348 g/mol. The van der Waals surface area contributed by atoms with E-state index in [9.17, 15) is 4.79 Å². The molecule has 128 valence electrons. The van der Waals surface area contributed by atoms with Gasteiger partial charge in [0.05, 0.1) is 28.8 Å². The summed E-state index contributed by atoms with van der Waals surface area (Å²) in [4.78, 5) is 14.7. The van der Waals surface area contributed by atoms with Crippen molar-refractivity contribution in [3.05, 3.63) is 51.9 Å². The molecule has 5 nitrogen and oxygen atoms in total. The van der Waals surface area contributed by atoms with E-state index in [1.807, 2.05) is 58.0 Å². The van der Waals surface area contributed by atoms with Gasteiger partial charge in [-0.2, -0.15) is 9.78 Å². The number of nitrogens with zero attached hydrogens (tertiary/aromatic N) is 3. The van der Waals surface area contributed by atoms with Gasteiger partial charge in [-0.1, -0.05) is 29.8 Å². The average Bonchev–Trinajstić information content (AvgIpc) is 2.47. The first-order valence-corrected chi connectivity index (χ1v) is 8.35. The fourth-order valence-electron chi connectivity index (χ4n) is 3.36. The minimum atomic E-state index is -0.334. The van der Waals surface area contributed by atoms with Crippen molar-refractivity contribution in [3.63, 3.8) is 0 Å². The predicted molar refractivity (Wildman–Crippen MR) is 96.3 cm³/mol. The highest BCUT2D eigenvalue weighted by atomic mass is 35.5. The first kappa shape index (κ1) is 17.0. The molecule has 1 aliphatic heterocycles. The van der Waals surface area contributed by atoms with Crippen LogP contribution in [0.15, 0.2) is 41.3 Å². The second kappa shape index (κ2) is 5.90. The summed E-state index contributed by atoms with van der Waals surface area (Å²) in [5.41, 5.74) is 0.359. The van der Waals surface area contributed by atoms with Crippen LogP contribution in [-0.4, -0.2) is 34.1 Å². The number of rotatable bonds is 2. The van der Waals surface area contributed by atoms with Crippen LogP contribution in [0.1, 0.15) is 27.7 Å². The maximum absolute atomic E-state index is 12.7. The summed E-state index contributed by atoms with van der Waals surface area (Å²) in [6.45, 7) is 9.43. The number of hydrogen-bond donors (Lipinski definition) is 0. The number of para-hydroxylation sites is 1. The SMILES string of the molecule is CC1(C)CN(c2cnn(-c3ccccc3)c(=O)c2Cl)CC(C)(C)O1. The molecular weight excluding hydrogens is 326 g/mol. The van der Waals surface area contributed by atoms with E-state index in [0.29, 0.717) is 24.5 Å². The van der Waals surface area contributed by atoms with E-state index in [1.54, 1.807) is 6.20 Å². The number of aromatic nitrogens is 2. The maximum Gasteiger partial charge on any atom is 0.292 e. The van der Waals surface area contributed by atoms with E-state index in [1.165, 1.54) is 4.68 Å². The van der Waals surface area contributed by atoms with Crippen LogP contribution in [0.3, 0.4) is 0 Å². The fourth-order valence-corrected chi connectivity index (χ4v) is 3.60. The first-order valence-electron chi connectivity index (χ1n) is 7.97. The van der Waals surface area contributed by atoms with E-state index in [2.05, 4.69) is 10.00 Å². The monoisotopic (exact) mass is 347 g/mol. The summed E-state index contributed by atoms with van der Waals surface area (Å²) in [7, 11) is 0. The van der Waals surface area contributed by atoms with Gasteiger partial charge < -0.3 is 9.64 Å². The summed E-state index contributed by atoms with van der Waals surface area (Å²) in [6.07, 6.45) is 1.66. The Morgan fingerprint density at radius 3 is 2.25 bits per heavy atom. The quantitative estimate of drug-likeness (QED) is 0.836. The van der Waals surface area contributed by atoms with E-state index >= 15 is 0 Å². The van der Waals surface area contributed by atoms with E-state index in [4.69, 9.17) is 16.3 Å². The number of hydrogen-bond acceptors (Lipinski definition) is 4. The zero-order valence-corrected chi connectivity index (χ0v) is 15.2. The summed E-state index contributed by atoms with van der Waals surface area (Å²) in [6, 6.07) is 9.26. The maximum atomic E-state index is 12.7. The summed E-state index contributed by atoms with van der Waals surface area (Å²) in [5, 5.41) is 4.50. The molecule has 3 rings (SSSR count). The Hall–Kier alpha value is -1.85. The standard InChI is InChI=1S/C18H22ClN3O2/c1-17(2)11-21(12-18(3,4)24-17)14-10-20-22(16(23)15(14)19)13-8-6-5-7-9-13/h5-10H,11-12H2,1-4H3. The Labute approximate surface area is 146 Å². The molecule has 1 saturated heterocycles. The molecule has 0 amide bonds. The third kappa shape index (κ3) is 3.32. The van der Waals surface area contributed by atoms with E-state index in [-0.39, 0.29) is 21.8 Å². The van der Waals surface area contributed by atoms with Gasteiger partial charge in [0.2, 0.25) is 0 Å². The van der Waals surface area contributed by atoms with Crippen LogP contribution in [0, 0.1) is 0 Å². The van der Waals surface area contributed by atoms with E-state index in [0.717, 1.165) is 0 Å². The molecule has 2 aromatic rings. The van der Waals surface area contributed by atoms with Crippen LogP contribution in [-0.2, 0) is 4.74 Å².